The van der Waals surface area contributed by atoms with Gasteiger partial charge in [-0.1, -0.05) is 6.07 Å². The van der Waals surface area contributed by atoms with Crippen molar-refractivity contribution in [2.45, 2.75) is 69.0 Å². The van der Waals surface area contributed by atoms with Crippen molar-refractivity contribution in [3.05, 3.63) is 41.6 Å². The highest BCUT2D eigenvalue weighted by Crippen LogP contribution is 2.42. The topological polar surface area (TPSA) is 108 Å². The molecule has 0 amide bonds. The van der Waals surface area contributed by atoms with Crippen LogP contribution in [0.2, 0.25) is 0 Å². The van der Waals surface area contributed by atoms with E-state index in [0.29, 0.717) is 23.6 Å². The number of H-pyrrole nitrogens is 1. The number of rotatable bonds is 5. The highest BCUT2D eigenvalue weighted by molar-refractivity contribution is 5.91. The zero-order chi connectivity index (χ0) is 23.3. The molecule has 2 unspecified atom stereocenters. The lowest BCUT2D eigenvalue weighted by Crippen LogP contribution is -2.56. The van der Waals surface area contributed by atoms with Crippen LogP contribution in [0.4, 0.5) is 16.0 Å². The van der Waals surface area contributed by atoms with Crippen LogP contribution in [0.15, 0.2) is 24.5 Å². The molecule has 5 N–H and O–H groups in total. The summed E-state index contributed by atoms with van der Waals surface area (Å²) in [6.45, 7) is 5.22. The minimum absolute atomic E-state index is 0. The van der Waals surface area contributed by atoms with Crippen molar-refractivity contribution in [3.63, 3.8) is 0 Å². The number of halogens is 4. The highest BCUT2D eigenvalue weighted by Gasteiger charge is 2.33. The van der Waals surface area contributed by atoms with Crippen molar-refractivity contribution in [1.29, 1.82) is 0 Å². The quantitative estimate of drug-likeness (QED) is 0.341. The molecule has 204 valence electrons. The molecule has 3 fully saturated rings. The molecule has 6 rings (SSSR count). The number of aromatic nitrogens is 4. The summed E-state index contributed by atoms with van der Waals surface area (Å²) in [6, 6.07) is 6.40. The van der Waals surface area contributed by atoms with Crippen LogP contribution in [0.3, 0.4) is 0 Å². The predicted octanol–water partition coefficient (Wildman–Crippen LogP) is 4.98. The number of aromatic amines is 1. The second-order valence-corrected chi connectivity index (χ2v) is 10.6. The second kappa shape index (κ2) is 12.0. The van der Waals surface area contributed by atoms with Gasteiger partial charge in [0, 0.05) is 29.9 Å². The molecule has 3 aromatic rings. The summed E-state index contributed by atoms with van der Waals surface area (Å²) in [7, 11) is 0. The molecule has 4 heterocycles. The minimum atomic E-state index is -0.304. The molecule has 0 radical (unpaired) electrons. The molecule has 0 bridgehead atoms. The number of hydrogen-bond donors (Lipinski definition) is 4. The maximum atomic E-state index is 14.8. The molecular formula is C25H36Cl3FN8. The molecule has 3 aliphatic rings. The molecule has 8 nitrogen and oxygen atoms in total. The molecule has 12 heteroatoms. The standard InChI is InChI=1S/C25H33FN8.3ClH/c1-25(27)7-10-34(11-8-25)20-13-17(6-9-28-20)16-4-5-19-18(12-16)23(30-14-29-19)31-24-21(26)22(32-33-24)15-2-3-15;;;/h4-5,12,14-15,17,20,28H,2-3,6-11,13,27H2,1H3,(H2,29,30,31,32,33);3*1H. The number of nitrogens with zero attached hydrogens (tertiary/aromatic N) is 4. The first-order valence-corrected chi connectivity index (χ1v) is 12.5. The van der Waals surface area contributed by atoms with Gasteiger partial charge >= 0.3 is 0 Å². The number of hydrogen-bond acceptors (Lipinski definition) is 7. The van der Waals surface area contributed by atoms with Crippen molar-refractivity contribution >= 4 is 59.8 Å². The van der Waals surface area contributed by atoms with E-state index in [2.05, 4.69) is 54.8 Å². The fourth-order valence-electron chi connectivity index (χ4n) is 5.43. The van der Waals surface area contributed by atoms with E-state index >= 15 is 0 Å². The van der Waals surface area contributed by atoms with Crippen LogP contribution >= 0.6 is 37.2 Å². The first-order valence-electron chi connectivity index (χ1n) is 12.5. The second-order valence-electron chi connectivity index (χ2n) is 10.6. The Balaban J connectivity index is 0.00000127. The molecule has 2 aliphatic heterocycles. The lowest BCUT2D eigenvalue weighted by atomic mass is 9.86. The van der Waals surface area contributed by atoms with Gasteiger partial charge in [-0.2, -0.15) is 5.10 Å². The smallest absolute Gasteiger partial charge is 0.189 e. The van der Waals surface area contributed by atoms with Gasteiger partial charge in [-0.05, 0) is 75.6 Å². The van der Waals surface area contributed by atoms with E-state index in [4.69, 9.17) is 5.73 Å². The van der Waals surface area contributed by atoms with E-state index in [0.717, 1.165) is 69.1 Å². The zero-order valence-corrected chi connectivity index (χ0v) is 23.3. The first kappa shape index (κ1) is 29.8. The Morgan fingerprint density at radius 2 is 1.81 bits per heavy atom. The minimum Gasteiger partial charge on any atom is -0.325 e. The van der Waals surface area contributed by atoms with Gasteiger partial charge in [0.05, 0.1) is 17.4 Å². The van der Waals surface area contributed by atoms with Gasteiger partial charge in [0.2, 0.25) is 0 Å². The fraction of sp³-hybridized carbons (Fsp3) is 0.560. The molecule has 2 atom stereocenters. The van der Waals surface area contributed by atoms with Crippen LogP contribution < -0.4 is 16.4 Å². The summed E-state index contributed by atoms with van der Waals surface area (Å²) < 4.78 is 14.8. The largest absolute Gasteiger partial charge is 0.325 e. The number of nitrogens with one attached hydrogen (secondary N) is 3. The van der Waals surface area contributed by atoms with Gasteiger partial charge in [0.25, 0.3) is 0 Å². The van der Waals surface area contributed by atoms with E-state index in [-0.39, 0.29) is 60.3 Å². The van der Waals surface area contributed by atoms with E-state index in [9.17, 15) is 4.39 Å². The molecule has 1 saturated carbocycles. The lowest BCUT2D eigenvalue weighted by molar-refractivity contribution is 0.0815. The summed E-state index contributed by atoms with van der Waals surface area (Å²) in [5.74, 6) is 1.19. The van der Waals surface area contributed by atoms with Gasteiger partial charge in [-0.25, -0.2) is 14.4 Å². The van der Waals surface area contributed by atoms with Crippen LogP contribution in [-0.2, 0) is 0 Å². The van der Waals surface area contributed by atoms with Gasteiger partial charge in [0.1, 0.15) is 12.1 Å². The third-order valence-corrected chi connectivity index (χ3v) is 7.85. The third kappa shape index (κ3) is 6.29. The molecule has 0 spiro atoms. The maximum Gasteiger partial charge on any atom is 0.189 e. The summed E-state index contributed by atoms with van der Waals surface area (Å²) in [4.78, 5) is 11.4. The summed E-state index contributed by atoms with van der Waals surface area (Å²) in [6.07, 6.45) is 8.11. The van der Waals surface area contributed by atoms with E-state index in [1.54, 1.807) is 0 Å². The normalized spacial score (nSPS) is 23.4. The Morgan fingerprint density at radius 3 is 2.54 bits per heavy atom. The molecule has 1 aromatic carbocycles. The Labute approximate surface area is 235 Å². The lowest BCUT2D eigenvalue weighted by Gasteiger charge is -2.44. The number of benzene rings is 1. The van der Waals surface area contributed by atoms with Crippen molar-refractivity contribution in [2.75, 3.05) is 25.0 Å². The van der Waals surface area contributed by atoms with E-state index in [1.165, 1.54) is 11.9 Å². The molecule has 37 heavy (non-hydrogen) atoms. The highest BCUT2D eigenvalue weighted by atomic mass is 35.5. The van der Waals surface area contributed by atoms with Crippen LogP contribution in [0, 0.1) is 5.82 Å². The van der Waals surface area contributed by atoms with E-state index in [1.807, 2.05) is 6.07 Å². The van der Waals surface area contributed by atoms with E-state index < -0.39 is 0 Å². The fourth-order valence-corrected chi connectivity index (χ4v) is 5.43. The summed E-state index contributed by atoms with van der Waals surface area (Å²) in [5.41, 5.74) is 9.01. The van der Waals surface area contributed by atoms with Crippen molar-refractivity contribution in [1.82, 2.24) is 30.4 Å². The Kier molecular flexibility index (Phi) is 9.64. The van der Waals surface area contributed by atoms with Crippen LogP contribution in [0.1, 0.15) is 68.5 Å². The summed E-state index contributed by atoms with van der Waals surface area (Å²) >= 11 is 0. The van der Waals surface area contributed by atoms with Crippen LogP contribution in [-0.4, -0.2) is 56.4 Å². The molecule has 2 saturated heterocycles. The predicted molar refractivity (Wildman–Crippen MR) is 152 cm³/mol. The third-order valence-electron chi connectivity index (χ3n) is 7.85. The Bertz CT molecular complexity index is 1190. The number of nitrogens with two attached hydrogens (primary N) is 1. The van der Waals surface area contributed by atoms with Gasteiger partial charge in [0.15, 0.2) is 11.6 Å². The number of likely N-dealkylation sites (tertiary alicyclic amines) is 1. The number of fused-ring (bicyclic) bond motifs is 1. The zero-order valence-electron chi connectivity index (χ0n) is 20.9. The van der Waals surface area contributed by atoms with Gasteiger partial charge in [-0.15, -0.1) is 37.2 Å². The van der Waals surface area contributed by atoms with Crippen molar-refractivity contribution in [3.8, 4) is 0 Å². The van der Waals surface area contributed by atoms with Crippen molar-refractivity contribution in [2.24, 2.45) is 5.73 Å². The first-order chi connectivity index (χ1) is 16.5. The van der Waals surface area contributed by atoms with Crippen LogP contribution in [0.5, 0.6) is 0 Å². The molecular weight excluding hydrogens is 538 g/mol. The molecule has 1 aliphatic carbocycles. The van der Waals surface area contributed by atoms with Crippen LogP contribution in [0.25, 0.3) is 10.9 Å². The van der Waals surface area contributed by atoms with Gasteiger partial charge in [-0.3, -0.25) is 10.00 Å². The summed E-state index contributed by atoms with van der Waals surface area (Å²) in [5, 5.41) is 14.7. The average Bonchev–Trinajstić information content (AvgIpc) is 3.62. The maximum absolute atomic E-state index is 14.8. The monoisotopic (exact) mass is 572 g/mol. The average molecular weight is 574 g/mol. The van der Waals surface area contributed by atoms with Crippen molar-refractivity contribution < 1.29 is 4.39 Å². The van der Waals surface area contributed by atoms with Gasteiger partial charge < -0.3 is 16.4 Å². The Hall–Kier alpha value is -1.75. The Morgan fingerprint density at radius 1 is 1.05 bits per heavy atom. The SMILES string of the molecule is CC1(N)CCN(C2CC(c3ccc4ncnc(Nc5n[nH]c(C6CC6)c5F)c4c3)CCN2)CC1.Cl.Cl.Cl. The number of anilines is 2. The molecule has 2 aromatic heterocycles. The number of piperidine rings is 2.